The van der Waals surface area contributed by atoms with E-state index in [2.05, 4.69) is 15.1 Å². The summed E-state index contributed by atoms with van der Waals surface area (Å²) >= 11 is 0. The second kappa shape index (κ2) is 4.74. The summed E-state index contributed by atoms with van der Waals surface area (Å²) < 4.78 is 5.28. The molecule has 19 heavy (non-hydrogen) atoms. The predicted molar refractivity (Wildman–Crippen MR) is 73.4 cm³/mol. The van der Waals surface area contributed by atoms with Crippen molar-refractivity contribution in [2.45, 2.75) is 40.7 Å². The monoisotopic (exact) mass is 260 g/mol. The topological polar surface area (TPSA) is 77.8 Å². The fourth-order valence-electron chi connectivity index (χ4n) is 1.81. The van der Waals surface area contributed by atoms with E-state index in [-0.39, 0.29) is 11.5 Å². The van der Waals surface area contributed by atoms with Gasteiger partial charge in [-0.15, -0.1) is 0 Å². The maximum absolute atomic E-state index is 6.11. The summed E-state index contributed by atoms with van der Waals surface area (Å²) in [7, 11) is 0. The van der Waals surface area contributed by atoms with Crippen LogP contribution in [0.2, 0.25) is 0 Å². The zero-order valence-corrected chi connectivity index (χ0v) is 12.1. The Bertz CT molecular complexity index is 563. The molecule has 0 bridgehead atoms. The molecule has 0 fully saturated rings. The molecule has 0 amide bonds. The van der Waals surface area contributed by atoms with Gasteiger partial charge >= 0.3 is 0 Å². The highest BCUT2D eigenvalue weighted by molar-refractivity contribution is 5.55. The molecule has 0 aliphatic heterocycles. The number of nitrogens with two attached hydrogens (primary N) is 1. The van der Waals surface area contributed by atoms with Crippen molar-refractivity contribution in [2.24, 2.45) is 11.1 Å². The van der Waals surface area contributed by atoms with Crippen LogP contribution in [0.4, 0.5) is 0 Å². The molecule has 0 unspecified atom stereocenters. The van der Waals surface area contributed by atoms with Crippen LogP contribution < -0.4 is 5.73 Å². The van der Waals surface area contributed by atoms with Gasteiger partial charge in [0.1, 0.15) is 0 Å². The third-order valence-electron chi connectivity index (χ3n) is 2.98. The van der Waals surface area contributed by atoms with Crippen molar-refractivity contribution in [3.05, 3.63) is 29.4 Å². The van der Waals surface area contributed by atoms with Gasteiger partial charge in [-0.1, -0.05) is 25.9 Å². The van der Waals surface area contributed by atoms with E-state index < -0.39 is 0 Å². The number of rotatable bonds is 2. The van der Waals surface area contributed by atoms with Gasteiger partial charge in [0.15, 0.2) is 0 Å². The molecule has 2 heterocycles. The lowest BCUT2D eigenvalue weighted by Crippen LogP contribution is -2.26. The number of aromatic nitrogens is 3. The number of aryl methyl sites for hydroxylation is 2. The lowest BCUT2D eigenvalue weighted by molar-refractivity contribution is 0.253. The summed E-state index contributed by atoms with van der Waals surface area (Å²) in [5.41, 5.74) is 8.77. The van der Waals surface area contributed by atoms with E-state index in [1.165, 1.54) is 0 Å². The van der Waals surface area contributed by atoms with Crippen molar-refractivity contribution in [2.75, 3.05) is 0 Å². The van der Waals surface area contributed by atoms with Gasteiger partial charge in [0.05, 0.1) is 6.04 Å². The molecule has 102 valence electrons. The Hall–Kier alpha value is -1.75. The molecule has 2 aromatic rings. The van der Waals surface area contributed by atoms with Crippen molar-refractivity contribution in [3.8, 4) is 11.4 Å². The average Bonchev–Trinajstić information content (AvgIpc) is 2.74. The highest BCUT2D eigenvalue weighted by Gasteiger charge is 2.27. The van der Waals surface area contributed by atoms with E-state index >= 15 is 0 Å². The van der Waals surface area contributed by atoms with Crippen molar-refractivity contribution < 1.29 is 4.52 Å². The van der Waals surface area contributed by atoms with Gasteiger partial charge in [-0.25, -0.2) is 0 Å². The van der Waals surface area contributed by atoms with Crippen LogP contribution in [0.1, 0.15) is 44.1 Å². The molecule has 0 saturated carbocycles. The van der Waals surface area contributed by atoms with Gasteiger partial charge in [-0.3, -0.25) is 4.98 Å². The summed E-state index contributed by atoms with van der Waals surface area (Å²) in [4.78, 5) is 8.73. The van der Waals surface area contributed by atoms with Crippen molar-refractivity contribution >= 4 is 0 Å². The number of hydrogen-bond donors (Lipinski definition) is 1. The summed E-state index contributed by atoms with van der Waals surface area (Å²) in [6.45, 7) is 10.0. The second-order valence-electron chi connectivity index (χ2n) is 5.94. The summed E-state index contributed by atoms with van der Waals surface area (Å²) in [5, 5.41) is 4.01. The molecule has 0 radical (unpaired) electrons. The molecule has 5 heteroatoms. The van der Waals surface area contributed by atoms with E-state index in [1.807, 2.05) is 46.8 Å². The van der Waals surface area contributed by atoms with Gasteiger partial charge in [0, 0.05) is 17.0 Å². The van der Waals surface area contributed by atoms with Crippen LogP contribution in [-0.4, -0.2) is 15.1 Å². The Labute approximate surface area is 113 Å². The normalized spacial score (nSPS) is 13.6. The Morgan fingerprint density at radius 2 is 1.68 bits per heavy atom. The third-order valence-corrected chi connectivity index (χ3v) is 2.98. The molecular weight excluding hydrogens is 240 g/mol. The predicted octanol–water partition coefficient (Wildman–Crippen LogP) is 2.79. The highest BCUT2D eigenvalue weighted by atomic mass is 16.5. The molecule has 1 atom stereocenters. The Kier molecular flexibility index (Phi) is 3.41. The highest BCUT2D eigenvalue weighted by Crippen LogP contribution is 2.30. The van der Waals surface area contributed by atoms with Crippen LogP contribution >= 0.6 is 0 Å². The number of nitrogens with zero attached hydrogens (tertiary/aromatic N) is 3. The minimum atomic E-state index is -0.280. The van der Waals surface area contributed by atoms with Crippen LogP contribution in [0, 0.1) is 19.3 Å². The molecule has 0 aromatic carbocycles. The standard InChI is InChI=1S/C14H20N4O/c1-8-6-10(7-9(2)16-8)12-17-13(19-18-12)11(15)14(3,4)5/h6-7,11H,15H2,1-5H3/t11-/m1/s1. The smallest absolute Gasteiger partial charge is 0.244 e. The van der Waals surface area contributed by atoms with Gasteiger partial charge in [-0.05, 0) is 31.4 Å². The fourth-order valence-corrected chi connectivity index (χ4v) is 1.81. The van der Waals surface area contributed by atoms with Gasteiger partial charge in [0.25, 0.3) is 0 Å². The van der Waals surface area contributed by atoms with Crippen molar-refractivity contribution in [1.82, 2.24) is 15.1 Å². The molecule has 2 N–H and O–H groups in total. The quantitative estimate of drug-likeness (QED) is 0.898. The van der Waals surface area contributed by atoms with Crippen LogP contribution in [0.3, 0.4) is 0 Å². The minimum Gasteiger partial charge on any atom is -0.337 e. The minimum absolute atomic E-state index is 0.117. The maximum atomic E-state index is 6.11. The first-order valence-electron chi connectivity index (χ1n) is 6.32. The zero-order valence-electron chi connectivity index (χ0n) is 12.1. The summed E-state index contributed by atoms with van der Waals surface area (Å²) in [6.07, 6.45) is 0. The molecule has 2 aromatic heterocycles. The van der Waals surface area contributed by atoms with Crippen molar-refractivity contribution in [3.63, 3.8) is 0 Å². The Morgan fingerprint density at radius 1 is 1.11 bits per heavy atom. The van der Waals surface area contributed by atoms with E-state index in [0.29, 0.717) is 11.7 Å². The van der Waals surface area contributed by atoms with Crippen LogP contribution in [-0.2, 0) is 0 Å². The SMILES string of the molecule is Cc1cc(-c2noc([C@@H](N)C(C)(C)C)n2)cc(C)n1. The van der Waals surface area contributed by atoms with Crippen LogP contribution in [0.15, 0.2) is 16.7 Å². The Morgan fingerprint density at radius 3 is 2.21 bits per heavy atom. The lowest BCUT2D eigenvalue weighted by atomic mass is 9.87. The van der Waals surface area contributed by atoms with Gasteiger partial charge in [0.2, 0.25) is 11.7 Å². The fraction of sp³-hybridized carbons (Fsp3) is 0.500. The molecule has 2 rings (SSSR count). The summed E-state index contributed by atoms with van der Waals surface area (Å²) in [5.74, 6) is 1.03. The third kappa shape index (κ3) is 2.98. The van der Waals surface area contributed by atoms with E-state index in [0.717, 1.165) is 17.0 Å². The molecule has 0 spiro atoms. The number of hydrogen-bond acceptors (Lipinski definition) is 5. The van der Waals surface area contributed by atoms with Gasteiger partial charge in [-0.2, -0.15) is 4.98 Å². The summed E-state index contributed by atoms with van der Waals surface area (Å²) in [6, 6.07) is 3.59. The Balaban J connectivity index is 2.36. The molecule has 0 saturated heterocycles. The lowest BCUT2D eigenvalue weighted by Gasteiger charge is -2.23. The average molecular weight is 260 g/mol. The van der Waals surface area contributed by atoms with Gasteiger partial charge < -0.3 is 10.3 Å². The largest absolute Gasteiger partial charge is 0.337 e. The van der Waals surface area contributed by atoms with E-state index in [1.54, 1.807) is 0 Å². The van der Waals surface area contributed by atoms with Crippen LogP contribution in [0.25, 0.3) is 11.4 Å². The molecule has 5 nitrogen and oxygen atoms in total. The molecular formula is C14H20N4O. The first-order chi connectivity index (χ1) is 8.77. The number of pyridine rings is 1. The van der Waals surface area contributed by atoms with Crippen LogP contribution in [0.5, 0.6) is 0 Å². The van der Waals surface area contributed by atoms with E-state index in [4.69, 9.17) is 10.3 Å². The first kappa shape index (κ1) is 13.7. The molecule has 0 aliphatic carbocycles. The van der Waals surface area contributed by atoms with Crippen molar-refractivity contribution in [1.29, 1.82) is 0 Å². The second-order valence-corrected chi connectivity index (χ2v) is 5.94. The van der Waals surface area contributed by atoms with E-state index in [9.17, 15) is 0 Å². The first-order valence-corrected chi connectivity index (χ1v) is 6.32. The zero-order chi connectivity index (χ0) is 14.2. The maximum Gasteiger partial charge on any atom is 0.244 e. The molecule has 0 aliphatic rings.